The molecule has 0 aromatic heterocycles. The van der Waals surface area contributed by atoms with Crippen molar-refractivity contribution in [1.29, 1.82) is 0 Å². The minimum absolute atomic E-state index is 0.00310. The molecule has 3 aromatic carbocycles. The predicted octanol–water partition coefficient (Wildman–Crippen LogP) is 5.50. The molecule has 0 saturated heterocycles. The lowest BCUT2D eigenvalue weighted by molar-refractivity contribution is -0.319. The molecule has 0 saturated carbocycles. The number of fused-ring (bicyclic) bond motifs is 1. The lowest BCUT2D eigenvalue weighted by Gasteiger charge is -2.41. The second-order valence-corrected chi connectivity index (χ2v) is 11.3. The highest BCUT2D eigenvalue weighted by molar-refractivity contribution is 6.09. The van der Waals surface area contributed by atoms with E-state index in [0.717, 1.165) is 37.2 Å². The Morgan fingerprint density at radius 3 is 2.33 bits per heavy atom. The van der Waals surface area contributed by atoms with E-state index in [1.165, 1.54) is 0 Å². The molecule has 1 aliphatic rings. The SMILES string of the molecule is CC(CCN1CCC(C)(C)c2cc(C(=O)c3ccccc3)ccc21)Oc1ccc(CC(OCC(F)(F)F)C(=O)[O-])cc1. The number of alkyl halides is 3. The lowest BCUT2D eigenvalue weighted by atomic mass is 9.76. The van der Waals surface area contributed by atoms with E-state index in [-0.39, 0.29) is 23.7 Å². The Balaban J connectivity index is 1.35. The number of hydrogen-bond donors (Lipinski definition) is 0. The van der Waals surface area contributed by atoms with Crippen molar-refractivity contribution in [2.24, 2.45) is 0 Å². The fourth-order valence-corrected chi connectivity index (χ4v) is 5.11. The molecule has 2 atom stereocenters. The standard InChI is InChI=1S/C33H36F3NO5/c1-22(42-26-12-9-23(10-13-26)19-29(31(39)40)41-21-33(34,35)36)15-17-37-18-16-32(2,3)27-20-25(11-14-28(27)37)30(38)24-7-5-4-6-8-24/h4-14,20,22,29H,15-19,21H2,1-3H3,(H,39,40)/p-1. The van der Waals surface area contributed by atoms with Crippen LogP contribution in [0.3, 0.4) is 0 Å². The summed E-state index contributed by atoms with van der Waals surface area (Å²) in [4.78, 5) is 26.6. The summed E-state index contributed by atoms with van der Waals surface area (Å²) in [6.07, 6.45) is -5.05. The number of ether oxygens (including phenoxy) is 2. The minimum atomic E-state index is -4.63. The number of halogens is 3. The van der Waals surface area contributed by atoms with Crippen LogP contribution in [0.25, 0.3) is 0 Å². The fourth-order valence-electron chi connectivity index (χ4n) is 5.11. The number of ketones is 1. The number of aliphatic carboxylic acids is 1. The molecule has 6 nitrogen and oxygen atoms in total. The van der Waals surface area contributed by atoms with E-state index < -0.39 is 24.9 Å². The van der Waals surface area contributed by atoms with Crippen LogP contribution in [-0.2, 0) is 21.4 Å². The summed E-state index contributed by atoms with van der Waals surface area (Å²) >= 11 is 0. The van der Waals surface area contributed by atoms with Crippen molar-refractivity contribution in [2.75, 3.05) is 24.6 Å². The number of anilines is 1. The number of carboxylic acids is 1. The number of carbonyl (C=O) groups excluding carboxylic acids is 2. The first-order chi connectivity index (χ1) is 19.8. The monoisotopic (exact) mass is 582 g/mol. The number of carboxylic acid groups (broad SMARTS) is 1. The zero-order chi connectivity index (χ0) is 30.5. The third-order valence-corrected chi connectivity index (χ3v) is 7.57. The Morgan fingerprint density at radius 2 is 1.69 bits per heavy atom. The summed E-state index contributed by atoms with van der Waals surface area (Å²) in [5.74, 6) is -1.13. The van der Waals surface area contributed by atoms with Crippen molar-refractivity contribution < 1.29 is 37.3 Å². The van der Waals surface area contributed by atoms with Crippen molar-refractivity contribution in [1.82, 2.24) is 0 Å². The Hall–Kier alpha value is -3.85. The predicted molar refractivity (Wildman–Crippen MR) is 152 cm³/mol. The van der Waals surface area contributed by atoms with Crippen LogP contribution in [0.1, 0.15) is 60.7 Å². The van der Waals surface area contributed by atoms with Gasteiger partial charge in [0.2, 0.25) is 0 Å². The summed E-state index contributed by atoms with van der Waals surface area (Å²) in [7, 11) is 0. The third-order valence-electron chi connectivity index (χ3n) is 7.57. The van der Waals surface area contributed by atoms with E-state index in [0.29, 0.717) is 22.4 Å². The number of hydrogen-bond acceptors (Lipinski definition) is 6. The van der Waals surface area contributed by atoms with Crippen LogP contribution in [0.15, 0.2) is 72.8 Å². The van der Waals surface area contributed by atoms with Crippen LogP contribution in [0.2, 0.25) is 0 Å². The summed E-state index contributed by atoms with van der Waals surface area (Å²) in [5.41, 5.74) is 4.01. The molecule has 4 rings (SSSR count). The molecule has 0 amide bonds. The Labute approximate surface area is 244 Å². The number of rotatable bonds is 12. The van der Waals surface area contributed by atoms with Gasteiger partial charge in [-0.1, -0.05) is 56.3 Å². The number of carbonyl (C=O) groups is 2. The van der Waals surface area contributed by atoms with E-state index in [2.05, 4.69) is 23.5 Å². The van der Waals surface area contributed by atoms with Crippen molar-refractivity contribution in [3.63, 3.8) is 0 Å². The molecule has 0 N–H and O–H groups in total. The highest BCUT2D eigenvalue weighted by Gasteiger charge is 2.32. The molecule has 2 unspecified atom stereocenters. The molecule has 0 aliphatic carbocycles. The van der Waals surface area contributed by atoms with Gasteiger partial charge in [0.25, 0.3) is 0 Å². The number of benzene rings is 3. The maximum Gasteiger partial charge on any atom is 0.411 e. The van der Waals surface area contributed by atoms with E-state index in [1.54, 1.807) is 24.3 Å². The summed E-state index contributed by atoms with van der Waals surface area (Å²) in [6, 6.07) is 21.7. The van der Waals surface area contributed by atoms with Gasteiger partial charge >= 0.3 is 6.18 Å². The molecule has 0 radical (unpaired) electrons. The van der Waals surface area contributed by atoms with Gasteiger partial charge in [0, 0.05) is 42.7 Å². The topological polar surface area (TPSA) is 78.9 Å². The Morgan fingerprint density at radius 1 is 1.00 bits per heavy atom. The molecule has 224 valence electrons. The summed E-state index contributed by atoms with van der Waals surface area (Å²) < 4.78 is 47.8. The van der Waals surface area contributed by atoms with Gasteiger partial charge in [-0.15, -0.1) is 0 Å². The van der Waals surface area contributed by atoms with Gasteiger partial charge in [0.1, 0.15) is 18.5 Å². The van der Waals surface area contributed by atoms with Crippen LogP contribution >= 0.6 is 0 Å². The Kier molecular flexibility index (Phi) is 9.61. The molecular formula is C33H35F3NO5-. The van der Waals surface area contributed by atoms with Crippen LogP contribution in [-0.4, -0.2) is 49.8 Å². The highest BCUT2D eigenvalue weighted by Crippen LogP contribution is 2.40. The van der Waals surface area contributed by atoms with Crippen LogP contribution in [0, 0.1) is 0 Å². The maximum atomic E-state index is 13.1. The first kappa shape index (κ1) is 31.1. The van der Waals surface area contributed by atoms with Crippen molar-refractivity contribution >= 4 is 17.4 Å². The van der Waals surface area contributed by atoms with Crippen molar-refractivity contribution in [3.05, 3.63) is 95.1 Å². The van der Waals surface area contributed by atoms with Crippen molar-refractivity contribution in [3.8, 4) is 5.75 Å². The maximum absolute atomic E-state index is 13.1. The largest absolute Gasteiger partial charge is 0.547 e. The quantitative estimate of drug-likeness (QED) is 0.263. The fraction of sp³-hybridized carbons (Fsp3) is 0.394. The van der Waals surface area contributed by atoms with Crippen LogP contribution in [0.5, 0.6) is 5.75 Å². The van der Waals surface area contributed by atoms with Gasteiger partial charge < -0.3 is 24.3 Å². The van der Waals surface area contributed by atoms with Gasteiger partial charge in [-0.3, -0.25) is 4.79 Å². The first-order valence-electron chi connectivity index (χ1n) is 14.0. The smallest absolute Gasteiger partial charge is 0.411 e. The average molecular weight is 583 g/mol. The summed E-state index contributed by atoms with van der Waals surface area (Å²) in [5, 5.41) is 11.2. The molecule has 9 heteroatoms. The van der Waals surface area contributed by atoms with Crippen LogP contribution in [0.4, 0.5) is 18.9 Å². The second-order valence-electron chi connectivity index (χ2n) is 11.3. The molecule has 42 heavy (non-hydrogen) atoms. The molecule has 0 fully saturated rings. The zero-order valence-electron chi connectivity index (χ0n) is 23.9. The minimum Gasteiger partial charge on any atom is -0.547 e. The summed E-state index contributed by atoms with van der Waals surface area (Å²) in [6.45, 7) is 6.33. The Bertz CT molecular complexity index is 1370. The van der Waals surface area contributed by atoms with E-state index in [1.807, 2.05) is 55.5 Å². The van der Waals surface area contributed by atoms with E-state index in [4.69, 9.17) is 4.74 Å². The van der Waals surface area contributed by atoms with Crippen molar-refractivity contribution in [2.45, 2.75) is 63.8 Å². The van der Waals surface area contributed by atoms with Gasteiger partial charge in [-0.25, -0.2) is 0 Å². The normalized spacial score (nSPS) is 15.9. The molecular weight excluding hydrogens is 547 g/mol. The zero-order valence-corrected chi connectivity index (χ0v) is 23.9. The molecule has 0 spiro atoms. The van der Waals surface area contributed by atoms with Gasteiger partial charge in [0.15, 0.2) is 5.78 Å². The molecule has 3 aromatic rings. The van der Waals surface area contributed by atoms with Gasteiger partial charge in [-0.2, -0.15) is 13.2 Å². The average Bonchev–Trinajstić information content (AvgIpc) is 2.95. The van der Waals surface area contributed by atoms with E-state index >= 15 is 0 Å². The van der Waals surface area contributed by atoms with Crippen LogP contribution < -0.4 is 14.7 Å². The highest BCUT2D eigenvalue weighted by atomic mass is 19.4. The molecule has 1 heterocycles. The first-order valence-corrected chi connectivity index (χ1v) is 14.0. The lowest BCUT2D eigenvalue weighted by Crippen LogP contribution is -2.40. The molecule has 0 bridgehead atoms. The molecule has 1 aliphatic heterocycles. The van der Waals surface area contributed by atoms with Gasteiger partial charge in [-0.05, 0) is 60.2 Å². The third kappa shape index (κ3) is 8.12. The van der Waals surface area contributed by atoms with E-state index in [9.17, 15) is 27.9 Å². The van der Waals surface area contributed by atoms with Gasteiger partial charge in [0.05, 0.1) is 12.1 Å². The second kappa shape index (κ2) is 13.0. The number of nitrogens with zero attached hydrogens (tertiary/aromatic N) is 1.